The van der Waals surface area contributed by atoms with Gasteiger partial charge in [0.15, 0.2) is 0 Å². The van der Waals surface area contributed by atoms with Gasteiger partial charge < -0.3 is 0 Å². The maximum atomic E-state index is 12.4. The van der Waals surface area contributed by atoms with Gasteiger partial charge in [-0.2, -0.15) is 0 Å². The van der Waals surface area contributed by atoms with Gasteiger partial charge in [-0.05, 0) is 55.9 Å². The second-order valence-electron chi connectivity index (χ2n) is 8.91. The van der Waals surface area contributed by atoms with Gasteiger partial charge in [0.2, 0.25) is 0 Å². The van der Waals surface area contributed by atoms with Crippen molar-refractivity contribution in [3.05, 3.63) is 0 Å². The maximum absolute atomic E-state index is 12.4. The summed E-state index contributed by atoms with van der Waals surface area (Å²) in [7, 11) is 0. The molecule has 0 N–H and O–H groups in total. The van der Waals surface area contributed by atoms with Crippen molar-refractivity contribution in [1.82, 2.24) is 4.90 Å². The van der Waals surface area contributed by atoms with Gasteiger partial charge >= 0.3 is 0 Å². The van der Waals surface area contributed by atoms with Gasteiger partial charge in [0.05, 0.1) is 0 Å². The van der Waals surface area contributed by atoms with Crippen molar-refractivity contribution in [2.24, 2.45) is 23.2 Å². The highest BCUT2D eigenvalue weighted by Gasteiger charge is 2.38. The number of carbonyl (C=O) groups is 1. The van der Waals surface area contributed by atoms with E-state index in [9.17, 15) is 4.79 Å². The predicted octanol–water partition coefficient (Wildman–Crippen LogP) is 4.53. The van der Waals surface area contributed by atoms with Crippen molar-refractivity contribution in [2.75, 3.05) is 13.1 Å². The van der Waals surface area contributed by atoms with Crippen LogP contribution < -0.4 is 0 Å². The normalized spacial score (nSPS) is 27.7. The first-order chi connectivity index (χ1) is 9.77. The summed E-state index contributed by atoms with van der Waals surface area (Å²) in [6.45, 7) is 13.8. The standard InChI is InChI=1S/C19H35NO/c1-14(2)10-11-20(17-7-8-17)13-15-12-16(19(3,4)5)6-9-18(15)21/h14-17H,6-13H2,1-5H3. The monoisotopic (exact) mass is 293 g/mol. The van der Waals surface area contributed by atoms with Gasteiger partial charge in [-0.25, -0.2) is 0 Å². The molecule has 0 saturated heterocycles. The van der Waals surface area contributed by atoms with Gasteiger partial charge in [0.25, 0.3) is 0 Å². The third-order valence-electron chi connectivity index (χ3n) is 5.50. The first kappa shape index (κ1) is 17.0. The highest BCUT2D eigenvalue weighted by Crippen LogP contribution is 2.40. The van der Waals surface area contributed by atoms with E-state index < -0.39 is 0 Å². The SMILES string of the molecule is CC(C)CCN(CC1CC(C(C)(C)C)CCC1=O)C1CC1. The van der Waals surface area contributed by atoms with E-state index in [1.807, 2.05) is 0 Å². The van der Waals surface area contributed by atoms with Crippen molar-refractivity contribution in [3.63, 3.8) is 0 Å². The van der Waals surface area contributed by atoms with E-state index in [-0.39, 0.29) is 0 Å². The molecule has 21 heavy (non-hydrogen) atoms. The molecule has 2 aliphatic carbocycles. The summed E-state index contributed by atoms with van der Waals surface area (Å²) < 4.78 is 0. The first-order valence-electron chi connectivity index (χ1n) is 9.04. The Bertz CT molecular complexity index is 351. The number of rotatable bonds is 6. The minimum absolute atomic E-state index is 0.302. The van der Waals surface area contributed by atoms with Gasteiger partial charge in [0, 0.05) is 24.9 Å². The van der Waals surface area contributed by atoms with E-state index >= 15 is 0 Å². The zero-order valence-corrected chi connectivity index (χ0v) is 14.8. The lowest BCUT2D eigenvalue weighted by molar-refractivity contribution is -0.127. The number of hydrogen-bond donors (Lipinski definition) is 0. The molecule has 122 valence electrons. The number of hydrogen-bond acceptors (Lipinski definition) is 2. The van der Waals surface area contributed by atoms with E-state index in [0.29, 0.717) is 23.0 Å². The second-order valence-corrected chi connectivity index (χ2v) is 8.91. The molecule has 2 unspecified atom stereocenters. The van der Waals surface area contributed by atoms with Crippen LogP contribution in [0.4, 0.5) is 0 Å². The van der Waals surface area contributed by atoms with Crippen LogP contribution in [-0.2, 0) is 4.79 Å². The molecule has 2 aliphatic rings. The number of carbonyl (C=O) groups excluding carboxylic acids is 1. The summed E-state index contributed by atoms with van der Waals surface area (Å²) in [5.74, 6) is 2.31. The van der Waals surface area contributed by atoms with Crippen LogP contribution in [0, 0.1) is 23.2 Å². The number of ketones is 1. The molecule has 0 heterocycles. The topological polar surface area (TPSA) is 20.3 Å². The van der Waals surface area contributed by atoms with Crippen LogP contribution in [0.1, 0.15) is 73.1 Å². The zero-order chi connectivity index (χ0) is 15.6. The zero-order valence-electron chi connectivity index (χ0n) is 14.8. The lowest BCUT2D eigenvalue weighted by atomic mass is 9.68. The largest absolute Gasteiger partial charge is 0.300 e. The molecule has 0 bridgehead atoms. The van der Waals surface area contributed by atoms with Crippen LogP contribution in [0.5, 0.6) is 0 Å². The van der Waals surface area contributed by atoms with E-state index in [1.54, 1.807) is 0 Å². The number of Topliss-reactive ketones (excluding diaryl/α,β-unsaturated/α-hetero) is 1. The third kappa shape index (κ3) is 5.09. The lowest BCUT2D eigenvalue weighted by Gasteiger charge is -2.38. The smallest absolute Gasteiger partial charge is 0.137 e. The molecular formula is C19H35NO. The Hall–Kier alpha value is -0.370. The molecule has 0 aromatic rings. The Kier molecular flexibility index (Phi) is 5.51. The Morgan fingerprint density at radius 1 is 1.19 bits per heavy atom. The highest BCUT2D eigenvalue weighted by atomic mass is 16.1. The lowest BCUT2D eigenvalue weighted by Crippen LogP contribution is -2.40. The Morgan fingerprint density at radius 2 is 1.86 bits per heavy atom. The molecule has 2 saturated carbocycles. The van der Waals surface area contributed by atoms with Crippen LogP contribution in [0.2, 0.25) is 0 Å². The van der Waals surface area contributed by atoms with Crippen molar-refractivity contribution in [2.45, 2.75) is 79.2 Å². The van der Waals surface area contributed by atoms with Gasteiger partial charge in [-0.1, -0.05) is 34.6 Å². The van der Waals surface area contributed by atoms with Gasteiger partial charge in [-0.15, -0.1) is 0 Å². The Morgan fingerprint density at radius 3 is 2.38 bits per heavy atom. The molecule has 0 amide bonds. The van der Waals surface area contributed by atoms with Crippen LogP contribution in [-0.4, -0.2) is 29.8 Å². The molecule has 2 atom stereocenters. The number of nitrogens with zero attached hydrogens (tertiary/aromatic N) is 1. The van der Waals surface area contributed by atoms with Crippen molar-refractivity contribution < 1.29 is 4.79 Å². The molecule has 2 heteroatoms. The summed E-state index contributed by atoms with van der Waals surface area (Å²) in [5, 5.41) is 0. The third-order valence-corrected chi connectivity index (χ3v) is 5.50. The van der Waals surface area contributed by atoms with E-state index in [2.05, 4.69) is 39.5 Å². The molecular weight excluding hydrogens is 258 g/mol. The fourth-order valence-electron chi connectivity index (χ4n) is 3.65. The van der Waals surface area contributed by atoms with E-state index in [0.717, 1.165) is 37.8 Å². The van der Waals surface area contributed by atoms with Crippen LogP contribution in [0.15, 0.2) is 0 Å². The molecule has 0 spiro atoms. The second kappa shape index (κ2) is 6.81. The summed E-state index contributed by atoms with van der Waals surface area (Å²) in [6, 6.07) is 0.784. The summed E-state index contributed by atoms with van der Waals surface area (Å²) in [6.07, 6.45) is 7.00. The van der Waals surface area contributed by atoms with Gasteiger partial charge in [0.1, 0.15) is 5.78 Å². The summed E-state index contributed by atoms with van der Waals surface area (Å²) in [4.78, 5) is 15.0. The fraction of sp³-hybridized carbons (Fsp3) is 0.947. The summed E-state index contributed by atoms with van der Waals surface area (Å²) in [5.41, 5.74) is 0.349. The maximum Gasteiger partial charge on any atom is 0.137 e. The van der Waals surface area contributed by atoms with Crippen LogP contribution in [0.25, 0.3) is 0 Å². The van der Waals surface area contributed by atoms with E-state index in [4.69, 9.17) is 0 Å². The Balaban J connectivity index is 1.92. The fourth-order valence-corrected chi connectivity index (χ4v) is 3.65. The minimum atomic E-state index is 0.302. The van der Waals surface area contributed by atoms with Crippen molar-refractivity contribution in [3.8, 4) is 0 Å². The van der Waals surface area contributed by atoms with Crippen molar-refractivity contribution >= 4 is 5.78 Å². The summed E-state index contributed by atoms with van der Waals surface area (Å²) >= 11 is 0. The molecule has 2 rings (SSSR count). The van der Waals surface area contributed by atoms with E-state index in [1.165, 1.54) is 25.8 Å². The average molecular weight is 293 g/mol. The van der Waals surface area contributed by atoms with Crippen LogP contribution in [0.3, 0.4) is 0 Å². The minimum Gasteiger partial charge on any atom is -0.300 e. The first-order valence-corrected chi connectivity index (χ1v) is 9.04. The molecule has 2 nitrogen and oxygen atoms in total. The quantitative estimate of drug-likeness (QED) is 0.717. The molecule has 0 aromatic heterocycles. The van der Waals surface area contributed by atoms with Crippen molar-refractivity contribution in [1.29, 1.82) is 0 Å². The molecule has 0 aromatic carbocycles. The molecule has 2 fully saturated rings. The molecule has 0 aliphatic heterocycles. The highest BCUT2D eigenvalue weighted by molar-refractivity contribution is 5.82. The van der Waals surface area contributed by atoms with Crippen LogP contribution >= 0.6 is 0 Å². The molecule has 0 radical (unpaired) electrons. The Labute approximate surface area is 131 Å². The van der Waals surface area contributed by atoms with Gasteiger partial charge in [-0.3, -0.25) is 9.69 Å². The predicted molar refractivity (Wildman–Crippen MR) is 89.3 cm³/mol. The average Bonchev–Trinajstić information content (AvgIpc) is 3.19.